The average Bonchev–Trinajstić information content (AvgIpc) is 3.00. The molecule has 1 aromatic carbocycles. The van der Waals surface area contributed by atoms with Crippen LogP contribution in [0.1, 0.15) is 12.8 Å². The lowest BCUT2D eigenvalue weighted by Crippen LogP contribution is -2.18. The van der Waals surface area contributed by atoms with Gasteiger partial charge in [0.2, 0.25) is 0 Å². The molecule has 1 aliphatic rings. The molecule has 1 N–H and O–H groups in total. The van der Waals surface area contributed by atoms with Gasteiger partial charge in [0.15, 0.2) is 0 Å². The van der Waals surface area contributed by atoms with Gasteiger partial charge in [-0.3, -0.25) is 0 Å². The number of ether oxygens (including phenoxy) is 2. The minimum absolute atomic E-state index is 0.235. The van der Waals surface area contributed by atoms with Crippen molar-refractivity contribution < 1.29 is 13.9 Å². The van der Waals surface area contributed by atoms with Crippen molar-refractivity contribution in [2.45, 2.75) is 18.9 Å². The number of halogens is 1. The zero-order chi connectivity index (χ0) is 14.5. The van der Waals surface area contributed by atoms with E-state index in [0.29, 0.717) is 36.5 Å². The molecule has 0 bridgehead atoms. The first-order chi connectivity index (χ1) is 10.3. The molecule has 0 radical (unpaired) electrons. The molecule has 2 aromatic rings. The molecule has 6 heteroatoms. The van der Waals surface area contributed by atoms with E-state index >= 15 is 0 Å². The molecule has 1 aliphatic heterocycles. The zero-order valence-corrected chi connectivity index (χ0v) is 11.7. The Morgan fingerprint density at radius 2 is 2.33 bits per heavy atom. The van der Waals surface area contributed by atoms with Gasteiger partial charge in [0.1, 0.15) is 18.0 Å². The summed E-state index contributed by atoms with van der Waals surface area (Å²) in [6.45, 7) is 2.63. The number of benzene rings is 1. The molecule has 3 rings (SSSR count). The van der Waals surface area contributed by atoms with E-state index in [1.807, 2.05) is 0 Å². The second kappa shape index (κ2) is 6.78. The van der Waals surface area contributed by atoms with Crippen molar-refractivity contribution in [2.75, 3.05) is 31.7 Å². The third-order valence-electron chi connectivity index (χ3n) is 3.46. The van der Waals surface area contributed by atoms with Crippen molar-refractivity contribution in [3.05, 3.63) is 30.3 Å². The molecule has 112 valence electrons. The first-order valence-corrected chi connectivity index (χ1v) is 7.16. The van der Waals surface area contributed by atoms with Crippen molar-refractivity contribution in [3.63, 3.8) is 0 Å². The summed E-state index contributed by atoms with van der Waals surface area (Å²) in [6, 6.07) is 4.47. The molecule has 1 fully saturated rings. The number of hydrogen-bond donors (Lipinski definition) is 1. The highest BCUT2D eigenvalue weighted by Gasteiger charge is 2.15. The Morgan fingerprint density at radius 1 is 1.38 bits per heavy atom. The Balaban J connectivity index is 1.51. The number of anilines is 1. The average molecular weight is 291 g/mol. The van der Waals surface area contributed by atoms with Crippen LogP contribution in [0.2, 0.25) is 0 Å². The summed E-state index contributed by atoms with van der Waals surface area (Å²) >= 11 is 0. The zero-order valence-electron chi connectivity index (χ0n) is 11.7. The fraction of sp³-hybridized carbons (Fsp3) is 0.467. The molecule has 5 nitrogen and oxygen atoms in total. The molecule has 1 unspecified atom stereocenters. The van der Waals surface area contributed by atoms with Gasteiger partial charge in [0.05, 0.1) is 24.8 Å². The highest BCUT2D eigenvalue weighted by molar-refractivity contribution is 5.88. The largest absolute Gasteiger partial charge is 0.377 e. The summed E-state index contributed by atoms with van der Waals surface area (Å²) in [4.78, 5) is 8.27. The molecule has 21 heavy (non-hydrogen) atoms. The predicted octanol–water partition coefficient (Wildman–Crippen LogP) is 2.38. The third kappa shape index (κ3) is 3.65. The standard InChI is InChI=1S/C15H18FN3O2/c16-11-3-4-14-13(8-11)15(19-10-18-14)17-5-7-20-9-12-2-1-6-21-12/h3-4,8,10,12H,1-2,5-7,9H2,(H,17,18,19). The van der Waals surface area contributed by atoms with Gasteiger partial charge in [0.25, 0.3) is 0 Å². The molecule has 1 atom stereocenters. The summed E-state index contributed by atoms with van der Waals surface area (Å²) in [6.07, 6.45) is 3.89. The van der Waals surface area contributed by atoms with Gasteiger partial charge < -0.3 is 14.8 Å². The van der Waals surface area contributed by atoms with Crippen molar-refractivity contribution in [1.82, 2.24) is 9.97 Å². The van der Waals surface area contributed by atoms with Crippen LogP contribution in [0.15, 0.2) is 24.5 Å². The maximum Gasteiger partial charge on any atom is 0.137 e. The van der Waals surface area contributed by atoms with Crippen LogP contribution in [0.3, 0.4) is 0 Å². The predicted molar refractivity (Wildman–Crippen MR) is 77.8 cm³/mol. The minimum Gasteiger partial charge on any atom is -0.377 e. The number of nitrogens with one attached hydrogen (secondary N) is 1. The smallest absolute Gasteiger partial charge is 0.137 e. The Morgan fingerprint density at radius 3 is 3.19 bits per heavy atom. The van der Waals surface area contributed by atoms with Crippen LogP contribution in [-0.4, -0.2) is 42.4 Å². The Bertz CT molecular complexity index is 602. The monoisotopic (exact) mass is 291 g/mol. The van der Waals surface area contributed by atoms with E-state index in [9.17, 15) is 4.39 Å². The highest BCUT2D eigenvalue weighted by Crippen LogP contribution is 2.19. The van der Waals surface area contributed by atoms with Crippen LogP contribution in [0, 0.1) is 5.82 Å². The first kappa shape index (κ1) is 14.2. The Kier molecular flexibility index (Phi) is 4.57. The molecule has 1 saturated heterocycles. The van der Waals surface area contributed by atoms with Gasteiger partial charge in [-0.15, -0.1) is 0 Å². The normalized spacial score (nSPS) is 18.2. The first-order valence-electron chi connectivity index (χ1n) is 7.16. The number of rotatable bonds is 6. The summed E-state index contributed by atoms with van der Waals surface area (Å²) in [5.41, 5.74) is 0.717. The molecule has 1 aromatic heterocycles. The van der Waals surface area contributed by atoms with E-state index in [2.05, 4.69) is 15.3 Å². The lowest BCUT2D eigenvalue weighted by molar-refractivity contribution is 0.0206. The van der Waals surface area contributed by atoms with Crippen LogP contribution in [-0.2, 0) is 9.47 Å². The molecular formula is C15H18FN3O2. The molecule has 2 heterocycles. The maximum atomic E-state index is 13.3. The van der Waals surface area contributed by atoms with Gasteiger partial charge in [0, 0.05) is 18.5 Å². The van der Waals surface area contributed by atoms with Crippen molar-refractivity contribution in [2.24, 2.45) is 0 Å². The second-order valence-corrected chi connectivity index (χ2v) is 5.02. The van der Waals surface area contributed by atoms with Gasteiger partial charge in [-0.05, 0) is 31.0 Å². The molecular weight excluding hydrogens is 273 g/mol. The SMILES string of the molecule is Fc1ccc2ncnc(NCCOCC3CCCO3)c2c1. The van der Waals surface area contributed by atoms with Crippen LogP contribution in [0.4, 0.5) is 10.2 Å². The van der Waals surface area contributed by atoms with Crippen molar-refractivity contribution >= 4 is 16.7 Å². The molecule has 0 amide bonds. The second-order valence-electron chi connectivity index (χ2n) is 5.02. The van der Waals surface area contributed by atoms with Gasteiger partial charge in [-0.2, -0.15) is 0 Å². The van der Waals surface area contributed by atoms with Gasteiger partial charge >= 0.3 is 0 Å². The van der Waals surface area contributed by atoms with Crippen LogP contribution >= 0.6 is 0 Å². The van der Waals surface area contributed by atoms with Crippen LogP contribution in [0.25, 0.3) is 10.9 Å². The highest BCUT2D eigenvalue weighted by atomic mass is 19.1. The maximum absolute atomic E-state index is 13.3. The molecule has 0 saturated carbocycles. The van der Waals surface area contributed by atoms with Crippen LogP contribution < -0.4 is 5.32 Å². The Labute approximate surface area is 122 Å². The topological polar surface area (TPSA) is 56.3 Å². The van der Waals surface area contributed by atoms with E-state index in [0.717, 1.165) is 19.4 Å². The summed E-state index contributed by atoms with van der Waals surface area (Å²) in [5, 5.41) is 3.83. The van der Waals surface area contributed by atoms with Crippen LogP contribution in [0.5, 0.6) is 0 Å². The quantitative estimate of drug-likeness (QED) is 0.828. The van der Waals surface area contributed by atoms with E-state index < -0.39 is 0 Å². The fourth-order valence-electron chi connectivity index (χ4n) is 2.40. The number of aromatic nitrogens is 2. The van der Waals surface area contributed by atoms with E-state index in [-0.39, 0.29) is 11.9 Å². The van der Waals surface area contributed by atoms with Crippen molar-refractivity contribution in [3.8, 4) is 0 Å². The van der Waals surface area contributed by atoms with Gasteiger partial charge in [-0.1, -0.05) is 0 Å². The summed E-state index contributed by atoms with van der Waals surface area (Å²) < 4.78 is 24.4. The Hall–Kier alpha value is -1.79. The minimum atomic E-state index is -0.296. The van der Waals surface area contributed by atoms with Crippen molar-refractivity contribution in [1.29, 1.82) is 0 Å². The summed E-state index contributed by atoms with van der Waals surface area (Å²) in [7, 11) is 0. The molecule has 0 spiro atoms. The van der Waals surface area contributed by atoms with E-state index in [1.165, 1.54) is 18.5 Å². The third-order valence-corrected chi connectivity index (χ3v) is 3.46. The van der Waals surface area contributed by atoms with E-state index in [1.54, 1.807) is 6.07 Å². The van der Waals surface area contributed by atoms with E-state index in [4.69, 9.17) is 9.47 Å². The lowest BCUT2D eigenvalue weighted by Gasteiger charge is -2.11. The summed E-state index contributed by atoms with van der Waals surface area (Å²) in [5.74, 6) is 0.329. The number of nitrogens with zero attached hydrogens (tertiary/aromatic N) is 2. The lowest BCUT2D eigenvalue weighted by atomic mass is 10.2. The number of fused-ring (bicyclic) bond motifs is 1. The number of hydrogen-bond acceptors (Lipinski definition) is 5. The molecule has 0 aliphatic carbocycles. The fourth-order valence-corrected chi connectivity index (χ4v) is 2.40. The van der Waals surface area contributed by atoms with Gasteiger partial charge in [-0.25, -0.2) is 14.4 Å².